The van der Waals surface area contributed by atoms with Gasteiger partial charge in [0.25, 0.3) is 5.91 Å². The molecule has 1 heterocycles. The third-order valence-electron chi connectivity index (χ3n) is 4.07. The minimum absolute atomic E-state index is 0.0727. The molecule has 0 radical (unpaired) electrons. The van der Waals surface area contributed by atoms with Gasteiger partial charge in [0, 0.05) is 21.3 Å². The fourth-order valence-electron chi connectivity index (χ4n) is 2.98. The molecule has 0 spiro atoms. The molecule has 6 heteroatoms. The second-order valence-electron chi connectivity index (χ2n) is 5.76. The second kappa shape index (κ2) is 7.99. The Kier molecular flexibility index (Phi) is 5.74. The Labute approximate surface area is 151 Å². The predicted octanol–water partition coefficient (Wildman–Crippen LogP) is 2.59. The zero-order valence-corrected chi connectivity index (χ0v) is 14.6. The van der Waals surface area contributed by atoms with Crippen LogP contribution in [0.2, 0.25) is 10.0 Å². The Bertz CT molecular complexity index is 683. The summed E-state index contributed by atoms with van der Waals surface area (Å²) in [7, 11) is 0. The van der Waals surface area contributed by atoms with E-state index >= 15 is 0 Å². The van der Waals surface area contributed by atoms with Gasteiger partial charge < -0.3 is 15.0 Å². The van der Waals surface area contributed by atoms with E-state index in [9.17, 15) is 4.79 Å². The largest absolute Gasteiger partial charge is 0.370 e. The van der Waals surface area contributed by atoms with Crippen molar-refractivity contribution in [3.63, 3.8) is 0 Å². The third-order valence-corrected chi connectivity index (χ3v) is 4.50. The number of halogens is 2. The van der Waals surface area contributed by atoms with Crippen molar-refractivity contribution in [2.75, 3.05) is 31.6 Å². The first-order chi connectivity index (χ1) is 11.6. The smallest absolute Gasteiger partial charge is 0.287 e. The molecule has 2 aromatic rings. The van der Waals surface area contributed by atoms with Gasteiger partial charge in [-0.25, -0.2) is 0 Å². The van der Waals surface area contributed by atoms with Gasteiger partial charge in [-0.15, -0.1) is 0 Å². The zero-order valence-electron chi connectivity index (χ0n) is 13.1. The standard InChI is InChI=1S/C18H18Cl2N2O2/c19-14-10-15(20)12-16(11-14)21-18(23)17(13-4-2-1-3-5-13)22-6-8-24-9-7-22/h1-5,10-12,17H,6-9H2,(H,21,23)/p+1/t17-/m0/s1. The fraction of sp³-hybridized carbons (Fsp3) is 0.278. The lowest BCUT2D eigenvalue weighted by Gasteiger charge is -2.30. The minimum Gasteiger partial charge on any atom is -0.370 e. The summed E-state index contributed by atoms with van der Waals surface area (Å²) in [6, 6.07) is 14.6. The summed E-state index contributed by atoms with van der Waals surface area (Å²) in [4.78, 5) is 14.2. The molecule has 4 nitrogen and oxygen atoms in total. The number of quaternary nitrogens is 1. The number of amides is 1. The molecule has 2 aromatic carbocycles. The maximum Gasteiger partial charge on any atom is 0.287 e. The van der Waals surface area contributed by atoms with Crippen LogP contribution in [0.25, 0.3) is 0 Å². The highest BCUT2D eigenvalue weighted by Crippen LogP contribution is 2.23. The molecule has 126 valence electrons. The molecule has 0 saturated carbocycles. The topological polar surface area (TPSA) is 42.8 Å². The van der Waals surface area contributed by atoms with Crippen LogP contribution in [0, 0.1) is 0 Å². The van der Waals surface area contributed by atoms with Crippen LogP contribution in [-0.2, 0) is 9.53 Å². The Balaban J connectivity index is 1.85. The molecule has 1 atom stereocenters. The predicted molar refractivity (Wildman–Crippen MR) is 95.8 cm³/mol. The van der Waals surface area contributed by atoms with Crippen LogP contribution in [0.4, 0.5) is 5.69 Å². The van der Waals surface area contributed by atoms with E-state index in [0.717, 1.165) is 18.7 Å². The summed E-state index contributed by atoms with van der Waals surface area (Å²) in [6.45, 7) is 2.91. The molecule has 24 heavy (non-hydrogen) atoms. The van der Waals surface area contributed by atoms with E-state index in [1.807, 2.05) is 30.3 Å². The molecule has 1 fully saturated rings. The molecule has 0 unspecified atom stereocenters. The van der Waals surface area contributed by atoms with Gasteiger partial charge >= 0.3 is 0 Å². The summed E-state index contributed by atoms with van der Waals surface area (Å²) in [6.07, 6.45) is 0. The summed E-state index contributed by atoms with van der Waals surface area (Å²) < 4.78 is 5.43. The van der Waals surface area contributed by atoms with Gasteiger partial charge in [0.15, 0.2) is 6.04 Å². The van der Waals surface area contributed by atoms with Crippen molar-refractivity contribution >= 4 is 34.8 Å². The normalized spacial score (nSPS) is 16.6. The molecule has 2 N–H and O–H groups in total. The molecule has 1 aliphatic rings. The number of ether oxygens (including phenoxy) is 1. The lowest BCUT2D eigenvalue weighted by atomic mass is 10.0. The maximum absolute atomic E-state index is 13.0. The first-order valence-electron chi connectivity index (χ1n) is 7.88. The Morgan fingerprint density at radius 2 is 1.67 bits per heavy atom. The van der Waals surface area contributed by atoms with Crippen LogP contribution in [0.3, 0.4) is 0 Å². The van der Waals surface area contributed by atoms with Gasteiger partial charge in [0.05, 0.1) is 13.2 Å². The van der Waals surface area contributed by atoms with E-state index < -0.39 is 0 Å². The molecule has 1 amide bonds. The number of carbonyl (C=O) groups is 1. The van der Waals surface area contributed by atoms with Crippen LogP contribution in [-0.4, -0.2) is 32.2 Å². The first kappa shape index (κ1) is 17.2. The van der Waals surface area contributed by atoms with Crippen LogP contribution in [0.15, 0.2) is 48.5 Å². The number of hydrogen-bond donors (Lipinski definition) is 2. The second-order valence-corrected chi connectivity index (χ2v) is 6.63. The van der Waals surface area contributed by atoms with E-state index in [2.05, 4.69) is 5.32 Å². The van der Waals surface area contributed by atoms with Gasteiger partial charge in [-0.2, -0.15) is 0 Å². The summed E-state index contributed by atoms with van der Waals surface area (Å²) in [5.41, 5.74) is 1.59. The summed E-state index contributed by atoms with van der Waals surface area (Å²) in [5.74, 6) is -0.0727. The number of anilines is 1. The minimum atomic E-state index is -0.298. The Morgan fingerprint density at radius 1 is 1.04 bits per heavy atom. The van der Waals surface area contributed by atoms with Gasteiger partial charge in [-0.05, 0) is 18.2 Å². The van der Waals surface area contributed by atoms with Gasteiger partial charge in [-0.3, -0.25) is 4.79 Å². The summed E-state index contributed by atoms with van der Waals surface area (Å²) >= 11 is 12.0. The molecular weight excluding hydrogens is 347 g/mol. The zero-order chi connectivity index (χ0) is 16.9. The van der Waals surface area contributed by atoms with Crippen LogP contribution < -0.4 is 10.2 Å². The van der Waals surface area contributed by atoms with E-state index in [0.29, 0.717) is 28.9 Å². The van der Waals surface area contributed by atoms with E-state index in [1.54, 1.807) is 18.2 Å². The van der Waals surface area contributed by atoms with Crippen molar-refractivity contribution in [2.24, 2.45) is 0 Å². The van der Waals surface area contributed by atoms with Crippen LogP contribution in [0.1, 0.15) is 11.6 Å². The highest BCUT2D eigenvalue weighted by molar-refractivity contribution is 6.35. The first-order valence-corrected chi connectivity index (χ1v) is 8.63. The number of carbonyl (C=O) groups excluding carboxylic acids is 1. The van der Waals surface area contributed by atoms with E-state index in [1.165, 1.54) is 4.90 Å². The van der Waals surface area contributed by atoms with Crippen molar-refractivity contribution in [3.05, 3.63) is 64.1 Å². The quantitative estimate of drug-likeness (QED) is 0.874. The monoisotopic (exact) mass is 365 g/mol. The van der Waals surface area contributed by atoms with Crippen molar-refractivity contribution in [3.8, 4) is 0 Å². The summed E-state index contributed by atoms with van der Waals surface area (Å²) in [5, 5.41) is 3.94. The number of morpholine rings is 1. The maximum atomic E-state index is 13.0. The number of benzene rings is 2. The Hall–Kier alpha value is -1.59. The fourth-order valence-corrected chi connectivity index (χ4v) is 3.51. The number of nitrogens with one attached hydrogen (secondary N) is 2. The third kappa shape index (κ3) is 4.28. The lowest BCUT2D eigenvalue weighted by molar-refractivity contribution is -0.929. The van der Waals surface area contributed by atoms with Crippen molar-refractivity contribution in [1.29, 1.82) is 0 Å². The van der Waals surface area contributed by atoms with Crippen LogP contribution >= 0.6 is 23.2 Å². The van der Waals surface area contributed by atoms with Gasteiger partial charge in [0.2, 0.25) is 0 Å². The molecule has 3 rings (SSSR count). The molecule has 1 saturated heterocycles. The van der Waals surface area contributed by atoms with Crippen molar-refractivity contribution < 1.29 is 14.4 Å². The number of rotatable bonds is 4. The van der Waals surface area contributed by atoms with Gasteiger partial charge in [-0.1, -0.05) is 53.5 Å². The molecular formula is C18H19Cl2N2O2+. The van der Waals surface area contributed by atoms with E-state index in [4.69, 9.17) is 27.9 Å². The number of hydrogen-bond acceptors (Lipinski definition) is 2. The van der Waals surface area contributed by atoms with Crippen molar-refractivity contribution in [2.45, 2.75) is 6.04 Å². The molecule has 0 bridgehead atoms. The van der Waals surface area contributed by atoms with E-state index in [-0.39, 0.29) is 11.9 Å². The van der Waals surface area contributed by atoms with Gasteiger partial charge in [0.1, 0.15) is 13.1 Å². The molecule has 0 aliphatic carbocycles. The highest BCUT2D eigenvalue weighted by atomic mass is 35.5. The highest BCUT2D eigenvalue weighted by Gasteiger charge is 2.32. The van der Waals surface area contributed by atoms with Crippen molar-refractivity contribution in [1.82, 2.24) is 0 Å². The average Bonchev–Trinajstić information content (AvgIpc) is 2.56. The molecule has 1 aliphatic heterocycles. The SMILES string of the molecule is O=C(Nc1cc(Cl)cc(Cl)c1)[C@H](c1ccccc1)[NH+]1CCOCC1. The lowest BCUT2D eigenvalue weighted by Crippen LogP contribution is -3.15. The average molecular weight is 366 g/mol. The molecule has 0 aromatic heterocycles. The van der Waals surface area contributed by atoms with Crippen LogP contribution in [0.5, 0.6) is 0 Å². The Morgan fingerprint density at radius 3 is 2.29 bits per heavy atom.